The molecule has 212 valence electrons. The minimum Gasteiger partial charge on any atom is -0.432 e. The molecule has 1 aromatic rings. The van der Waals surface area contributed by atoms with E-state index in [1.165, 1.54) is 64.2 Å². The summed E-state index contributed by atoms with van der Waals surface area (Å²) < 4.78 is 73.8. The van der Waals surface area contributed by atoms with Gasteiger partial charge < -0.3 is 4.74 Å². The number of hydrogen-bond acceptors (Lipinski definition) is 1. The van der Waals surface area contributed by atoms with Gasteiger partial charge in [0.15, 0.2) is 17.5 Å². The Hall–Kier alpha value is -1.85. The molecule has 0 saturated heterocycles. The molecule has 0 bridgehead atoms. The number of benzene rings is 1. The predicted molar refractivity (Wildman–Crippen MR) is 141 cm³/mol. The summed E-state index contributed by atoms with van der Waals surface area (Å²) in [6.07, 6.45) is 20.5. The van der Waals surface area contributed by atoms with Crippen molar-refractivity contribution in [3.05, 3.63) is 53.9 Å². The number of ether oxygens (including phenoxy) is 1. The van der Waals surface area contributed by atoms with Crippen molar-refractivity contribution in [3.63, 3.8) is 0 Å². The van der Waals surface area contributed by atoms with Gasteiger partial charge in [-0.25, -0.2) is 13.2 Å². The van der Waals surface area contributed by atoms with Gasteiger partial charge in [-0.1, -0.05) is 37.1 Å². The highest BCUT2D eigenvalue weighted by Gasteiger charge is 2.44. The van der Waals surface area contributed by atoms with E-state index in [0.29, 0.717) is 30.9 Å². The van der Waals surface area contributed by atoms with Gasteiger partial charge in [0.25, 0.3) is 0 Å². The van der Waals surface area contributed by atoms with Crippen molar-refractivity contribution in [2.45, 2.75) is 103 Å². The third-order valence-electron chi connectivity index (χ3n) is 9.47. The third-order valence-corrected chi connectivity index (χ3v) is 9.47. The fraction of sp³-hybridized carbons (Fsp3) is 0.688. The van der Waals surface area contributed by atoms with Crippen LogP contribution in [0.25, 0.3) is 0 Å². The summed E-state index contributed by atoms with van der Waals surface area (Å²) >= 11 is 0. The highest BCUT2D eigenvalue weighted by molar-refractivity contribution is 5.25. The van der Waals surface area contributed by atoms with Gasteiger partial charge in [0.2, 0.25) is 0 Å². The van der Waals surface area contributed by atoms with E-state index in [4.69, 9.17) is 0 Å². The van der Waals surface area contributed by atoms with Gasteiger partial charge in [-0.3, -0.25) is 0 Å². The summed E-state index contributed by atoms with van der Waals surface area (Å²) in [7, 11) is 0. The lowest BCUT2D eigenvalue weighted by Gasteiger charge is -2.37. The molecule has 6 heteroatoms. The Morgan fingerprint density at radius 2 is 1.26 bits per heavy atom. The first-order valence-corrected chi connectivity index (χ1v) is 14.8. The second-order valence-electron chi connectivity index (χ2n) is 12.0. The van der Waals surface area contributed by atoms with Crippen LogP contribution in [0.5, 0.6) is 5.75 Å². The van der Waals surface area contributed by atoms with Gasteiger partial charge in [-0.05, 0) is 114 Å². The van der Waals surface area contributed by atoms with E-state index in [-0.39, 0.29) is 18.8 Å². The largest absolute Gasteiger partial charge is 0.432 e. The second kappa shape index (κ2) is 13.5. The predicted octanol–water partition coefficient (Wildman–Crippen LogP) is 10.4. The Balaban J connectivity index is 1.16. The van der Waals surface area contributed by atoms with Gasteiger partial charge in [0, 0.05) is 12.1 Å². The molecule has 0 N–H and O–H groups in total. The van der Waals surface area contributed by atoms with Crippen LogP contribution < -0.4 is 4.74 Å². The molecule has 3 saturated carbocycles. The van der Waals surface area contributed by atoms with Crippen molar-refractivity contribution in [3.8, 4) is 5.75 Å². The quantitative estimate of drug-likeness (QED) is 0.173. The van der Waals surface area contributed by atoms with Crippen LogP contribution in [0.4, 0.5) is 22.0 Å². The summed E-state index contributed by atoms with van der Waals surface area (Å²) in [5, 5.41) is 0. The Bertz CT molecular complexity index is 910. The van der Waals surface area contributed by atoms with E-state index >= 15 is 0 Å². The minimum atomic E-state index is -3.56. The van der Waals surface area contributed by atoms with Crippen molar-refractivity contribution in [2.24, 2.45) is 35.5 Å². The highest BCUT2D eigenvalue weighted by Crippen LogP contribution is 2.44. The summed E-state index contributed by atoms with van der Waals surface area (Å²) in [5.74, 6) is -2.94. The average molecular weight is 539 g/mol. The van der Waals surface area contributed by atoms with Gasteiger partial charge in [-0.15, -0.1) is 0 Å². The van der Waals surface area contributed by atoms with Gasteiger partial charge >= 0.3 is 6.11 Å². The zero-order chi connectivity index (χ0) is 27.1. The van der Waals surface area contributed by atoms with Crippen LogP contribution in [0.2, 0.25) is 0 Å². The maximum absolute atomic E-state index is 14.7. The van der Waals surface area contributed by atoms with Crippen LogP contribution in [0, 0.1) is 53.0 Å². The molecule has 38 heavy (non-hydrogen) atoms. The lowest BCUT2D eigenvalue weighted by molar-refractivity contribution is -0.223. The molecule has 3 aliphatic rings. The van der Waals surface area contributed by atoms with E-state index in [0.717, 1.165) is 17.8 Å². The molecule has 0 aromatic heterocycles. The number of halogens is 5. The maximum atomic E-state index is 14.7. The number of rotatable bonds is 9. The van der Waals surface area contributed by atoms with E-state index in [1.807, 2.05) is 0 Å². The third kappa shape index (κ3) is 7.85. The van der Waals surface area contributed by atoms with Crippen molar-refractivity contribution in [1.82, 2.24) is 0 Å². The monoisotopic (exact) mass is 538 g/mol. The number of allylic oxidation sites excluding steroid dienone is 4. The van der Waals surface area contributed by atoms with Crippen LogP contribution in [-0.2, 0) is 0 Å². The van der Waals surface area contributed by atoms with Crippen molar-refractivity contribution in [2.75, 3.05) is 0 Å². The van der Waals surface area contributed by atoms with Gasteiger partial charge in [0.05, 0.1) is 5.92 Å². The number of hydrogen-bond donors (Lipinski definition) is 0. The van der Waals surface area contributed by atoms with Crippen molar-refractivity contribution in [1.29, 1.82) is 0 Å². The fourth-order valence-corrected chi connectivity index (χ4v) is 7.05. The first-order chi connectivity index (χ1) is 18.2. The topological polar surface area (TPSA) is 9.23 Å². The Kier molecular flexibility index (Phi) is 10.3. The number of alkyl halides is 2. The molecule has 4 rings (SSSR count). The van der Waals surface area contributed by atoms with Crippen LogP contribution in [0.1, 0.15) is 96.8 Å². The zero-order valence-electron chi connectivity index (χ0n) is 22.6. The Morgan fingerprint density at radius 1 is 0.763 bits per heavy atom. The molecule has 1 nitrogen and oxygen atoms in total. The molecular weight excluding hydrogens is 495 g/mol. The van der Waals surface area contributed by atoms with Crippen molar-refractivity contribution >= 4 is 0 Å². The van der Waals surface area contributed by atoms with E-state index in [2.05, 4.69) is 36.0 Å². The second-order valence-corrected chi connectivity index (χ2v) is 12.0. The van der Waals surface area contributed by atoms with E-state index in [1.54, 1.807) is 0 Å². The lowest BCUT2D eigenvalue weighted by Crippen LogP contribution is -2.37. The van der Waals surface area contributed by atoms with Gasteiger partial charge in [0.1, 0.15) is 5.75 Å². The van der Waals surface area contributed by atoms with Crippen LogP contribution in [-0.4, -0.2) is 6.11 Å². The molecule has 0 heterocycles. The lowest BCUT2D eigenvalue weighted by atomic mass is 9.68. The maximum Gasteiger partial charge on any atom is 0.400 e. The normalized spacial score (nSPS) is 31.2. The SMILES string of the molecule is C/C=C/CCC1CCC(C2CCC(/C=C/C3CCC(C(F)(F)Oc4cc(F)c(F)c(F)c4)CC3)CC2)CC1. The van der Waals surface area contributed by atoms with E-state index < -0.39 is 35.2 Å². The van der Waals surface area contributed by atoms with Crippen molar-refractivity contribution < 1.29 is 26.7 Å². The van der Waals surface area contributed by atoms with Crippen LogP contribution in [0.15, 0.2) is 36.4 Å². The molecule has 0 aliphatic heterocycles. The molecule has 3 aliphatic carbocycles. The molecule has 0 unspecified atom stereocenters. The Labute approximate surface area is 224 Å². The molecule has 0 atom stereocenters. The summed E-state index contributed by atoms with van der Waals surface area (Å²) in [5.41, 5.74) is 0. The molecular formula is C32H43F5O. The summed E-state index contributed by atoms with van der Waals surface area (Å²) in [6, 6.07) is 0.930. The summed E-state index contributed by atoms with van der Waals surface area (Å²) in [4.78, 5) is 0. The van der Waals surface area contributed by atoms with Crippen LogP contribution >= 0.6 is 0 Å². The standard InChI is InChI=1S/C32H43F5O/c1-2-3-4-5-22-8-14-25(15-9-22)26-16-10-23(11-17-26)6-7-24-12-18-27(19-13-24)32(36,37)38-28-20-29(33)31(35)30(34)21-28/h2-3,6-7,20-27H,4-5,8-19H2,1H3/b3-2+,7-6+. The first kappa shape index (κ1) is 29.1. The van der Waals surface area contributed by atoms with Crippen LogP contribution in [0.3, 0.4) is 0 Å². The minimum absolute atomic E-state index is 0.276. The molecule has 0 spiro atoms. The highest BCUT2D eigenvalue weighted by atomic mass is 19.3. The molecule has 0 amide bonds. The van der Waals surface area contributed by atoms with Gasteiger partial charge in [-0.2, -0.15) is 8.78 Å². The first-order valence-electron chi connectivity index (χ1n) is 14.8. The molecule has 0 radical (unpaired) electrons. The average Bonchev–Trinajstić information content (AvgIpc) is 2.91. The molecule has 3 fully saturated rings. The van der Waals surface area contributed by atoms with E-state index in [9.17, 15) is 22.0 Å². The molecule has 1 aromatic carbocycles. The smallest absolute Gasteiger partial charge is 0.400 e. The fourth-order valence-electron chi connectivity index (χ4n) is 7.05. The Morgan fingerprint density at radius 3 is 1.79 bits per heavy atom. The summed E-state index contributed by atoms with van der Waals surface area (Å²) in [6.45, 7) is 2.10. The zero-order valence-corrected chi connectivity index (χ0v) is 22.6.